The number of ether oxygens (including phenoxy) is 1. The summed E-state index contributed by atoms with van der Waals surface area (Å²) >= 11 is 5.79. The lowest BCUT2D eigenvalue weighted by Crippen LogP contribution is -2.36. The monoisotopic (exact) mass is 268 g/mol. The summed E-state index contributed by atoms with van der Waals surface area (Å²) in [5, 5.41) is 0.248. The third-order valence-corrected chi connectivity index (χ3v) is 4.02. The molecule has 3 nitrogen and oxygen atoms in total. The molecule has 0 aromatic carbocycles. The molecule has 1 heterocycles. The Hall–Kier alpha value is -0.830. The zero-order chi connectivity index (χ0) is 13.1. The molecular weight excluding hydrogens is 248 g/mol. The highest BCUT2D eigenvalue weighted by Crippen LogP contribution is 2.35. The standard InChI is InChI=1S/C14H21ClN2O/c1-9(2)11-5-4-10(3)8-12(11)18-13-6-7-16-14(15)17-13/h6-7,9-12H,4-5,8H2,1-3H3. The lowest BCUT2D eigenvalue weighted by atomic mass is 9.75. The Balaban J connectivity index is 2.08. The average Bonchev–Trinajstić information content (AvgIpc) is 2.28. The first-order chi connectivity index (χ1) is 8.56. The van der Waals surface area contributed by atoms with E-state index in [1.807, 2.05) is 0 Å². The van der Waals surface area contributed by atoms with Gasteiger partial charge in [-0.15, -0.1) is 0 Å². The maximum atomic E-state index is 6.04. The van der Waals surface area contributed by atoms with Gasteiger partial charge in [0.25, 0.3) is 0 Å². The molecule has 1 fully saturated rings. The summed E-state index contributed by atoms with van der Waals surface area (Å²) in [5.74, 6) is 2.57. The molecule has 0 radical (unpaired) electrons. The van der Waals surface area contributed by atoms with Crippen molar-refractivity contribution in [1.82, 2.24) is 9.97 Å². The van der Waals surface area contributed by atoms with Gasteiger partial charge in [0, 0.05) is 12.3 Å². The third-order valence-electron chi connectivity index (χ3n) is 3.83. The molecule has 0 spiro atoms. The van der Waals surface area contributed by atoms with Crippen LogP contribution >= 0.6 is 11.6 Å². The van der Waals surface area contributed by atoms with Gasteiger partial charge in [-0.3, -0.25) is 0 Å². The van der Waals surface area contributed by atoms with E-state index in [9.17, 15) is 0 Å². The maximum absolute atomic E-state index is 6.04. The van der Waals surface area contributed by atoms with E-state index in [4.69, 9.17) is 16.3 Å². The number of nitrogens with zero attached hydrogens (tertiary/aromatic N) is 2. The Bertz CT molecular complexity index is 397. The van der Waals surface area contributed by atoms with Crippen LogP contribution < -0.4 is 4.74 Å². The zero-order valence-electron chi connectivity index (χ0n) is 11.3. The first kappa shape index (κ1) is 13.6. The Morgan fingerprint density at radius 3 is 2.83 bits per heavy atom. The topological polar surface area (TPSA) is 35.0 Å². The van der Waals surface area contributed by atoms with Crippen LogP contribution in [0.1, 0.15) is 40.0 Å². The molecule has 1 aromatic heterocycles. The first-order valence-corrected chi connectivity index (χ1v) is 7.09. The van der Waals surface area contributed by atoms with E-state index in [1.165, 1.54) is 12.8 Å². The highest BCUT2D eigenvalue weighted by atomic mass is 35.5. The lowest BCUT2D eigenvalue weighted by molar-refractivity contribution is 0.0425. The minimum Gasteiger partial charge on any atom is -0.474 e. The number of aromatic nitrogens is 2. The third kappa shape index (κ3) is 3.35. The average molecular weight is 269 g/mol. The van der Waals surface area contributed by atoms with Crippen LogP contribution in [0.5, 0.6) is 5.88 Å². The van der Waals surface area contributed by atoms with Gasteiger partial charge >= 0.3 is 0 Å². The fourth-order valence-corrected chi connectivity index (χ4v) is 2.93. The van der Waals surface area contributed by atoms with Crippen LogP contribution in [0, 0.1) is 17.8 Å². The Labute approximate surface area is 114 Å². The Morgan fingerprint density at radius 2 is 2.17 bits per heavy atom. The molecule has 18 heavy (non-hydrogen) atoms. The van der Waals surface area contributed by atoms with Crippen molar-refractivity contribution in [2.45, 2.75) is 46.1 Å². The van der Waals surface area contributed by atoms with Crippen molar-refractivity contribution in [3.63, 3.8) is 0 Å². The molecule has 2 rings (SSSR count). The summed E-state index contributed by atoms with van der Waals surface area (Å²) in [4.78, 5) is 7.99. The highest BCUT2D eigenvalue weighted by Gasteiger charge is 2.32. The Kier molecular flexibility index (Phi) is 4.44. The minimum atomic E-state index is 0.248. The van der Waals surface area contributed by atoms with Gasteiger partial charge in [0.15, 0.2) is 0 Å². The summed E-state index contributed by atoms with van der Waals surface area (Å²) in [6.45, 7) is 6.83. The van der Waals surface area contributed by atoms with Gasteiger partial charge in [0.05, 0.1) is 0 Å². The molecule has 0 N–H and O–H groups in total. The molecule has 1 aliphatic carbocycles. The van der Waals surface area contributed by atoms with E-state index in [2.05, 4.69) is 30.7 Å². The van der Waals surface area contributed by atoms with E-state index < -0.39 is 0 Å². The molecule has 0 amide bonds. The molecule has 100 valence electrons. The lowest BCUT2D eigenvalue weighted by Gasteiger charge is -2.36. The molecule has 4 heteroatoms. The normalized spacial score (nSPS) is 28.4. The van der Waals surface area contributed by atoms with Gasteiger partial charge < -0.3 is 4.74 Å². The van der Waals surface area contributed by atoms with Crippen molar-refractivity contribution in [2.75, 3.05) is 0 Å². The second-order valence-electron chi connectivity index (χ2n) is 5.65. The summed E-state index contributed by atoms with van der Waals surface area (Å²) in [6, 6.07) is 1.78. The molecule has 0 bridgehead atoms. The fourth-order valence-electron chi connectivity index (χ4n) is 2.79. The van der Waals surface area contributed by atoms with Crippen molar-refractivity contribution in [2.24, 2.45) is 17.8 Å². The molecule has 0 aliphatic heterocycles. The smallest absolute Gasteiger partial charge is 0.225 e. The van der Waals surface area contributed by atoms with Crippen LogP contribution in [0.15, 0.2) is 12.3 Å². The highest BCUT2D eigenvalue weighted by molar-refractivity contribution is 6.28. The predicted molar refractivity (Wildman–Crippen MR) is 72.8 cm³/mol. The SMILES string of the molecule is CC1CCC(C(C)C)C(Oc2ccnc(Cl)n2)C1. The predicted octanol–water partition coefficient (Wildman–Crippen LogP) is 3.97. The number of rotatable bonds is 3. The molecule has 3 atom stereocenters. The van der Waals surface area contributed by atoms with Gasteiger partial charge in [-0.2, -0.15) is 4.98 Å². The van der Waals surface area contributed by atoms with E-state index in [-0.39, 0.29) is 11.4 Å². The molecule has 1 aliphatic rings. The van der Waals surface area contributed by atoms with Crippen molar-refractivity contribution in [1.29, 1.82) is 0 Å². The van der Waals surface area contributed by atoms with Gasteiger partial charge in [0.2, 0.25) is 11.2 Å². The summed E-state index contributed by atoms with van der Waals surface area (Å²) in [7, 11) is 0. The van der Waals surface area contributed by atoms with Crippen LogP contribution in [0.25, 0.3) is 0 Å². The van der Waals surface area contributed by atoms with E-state index in [1.54, 1.807) is 12.3 Å². The van der Waals surface area contributed by atoms with Crippen molar-refractivity contribution < 1.29 is 4.74 Å². The molecule has 0 saturated heterocycles. The van der Waals surface area contributed by atoms with E-state index in [0.717, 1.165) is 12.3 Å². The van der Waals surface area contributed by atoms with E-state index in [0.29, 0.717) is 17.7 Å². The molecule has 1 aromatic rings. The van der Waals surface area contributed by atoms with Crippen LogP contribution in [0.2, 0.25) is 5.28 Å². The van der Waals surface area contributed by atoms with Crippen molar-refractivity contribution in [3.8, 4) is 5.88 Å². The Morgan fingerprint density at radius 1 is 1.39 bits per heavy atom. The van der Waals surface area contributed by atoms with Crippen molar-refractivity contribution in [3.05, 3.63) is 17.5 Å². The van der Waals surface area contributed by atoms with Gasteiger partial charge in [-0.1, -0.05) is 27.2 Å². The van der Waals surface area contributed by atoms with Crippen LogP contribution in [0.3, 0.4) is 0 Å². The number of hydrogen-bond donors (Lipinski definition) is 0. The largest absolute Gasteiger partial charge is 0.474 e. The minimum absolute atomic E-state index is 0.248. The second kappa shape index (κ2) is 5.87. The fraction of sp³-hybridized carbons (Fsp3) is 0.714. The molecule has 1 saturated carbocycles. The quantitative estimate of drug-likeness (QED) is 0.778. The zero-order valence-corrected chi connectivity index (χ0v) is 12.0. The number of halogens is 1. The van der Waals surface area contributed by atoms with Crippen LogP contribution in [0.4, 0.5) is 0 Å². The van der Waals surface area contributed by atoms with Gasteiger partial charge in [-0.05, 0) is 42.2 Å². The summed E-state index contributed by atoms with van der Waals surface area (Å²) in [6.07, 6.45) is 5.53. The van der Waals surface area contributed by atoms with Gasteiger partial charge in [0.1, 0.15) is 6.10 Å². The molecule has 3 unspecified atom stereocenters. The first-order valence-electron chi connectivity index (χ1n) is 6.71. The summed E-state index contributed by atoms with van der Waals surface area (Å²) in [5.41, 5.74) is 0. The van der Waals surface area contributed by atoms with Gasteiger partial charge in [-0.25, -0.2) is 4.98 Å². The van der Waals surface area contributed by atoms with Crippen molar-refractivity contribution >= 4 is 11.6 Å². The van der Waals surface area contributed by atoms with E-state index >= 15 is 0 Å². The summed E-state index contributed by atoms with van der Waals surface area (Å²) < 4.78 is 6.04. The van der Waals surface area contributed by atoms with Crippen LogP contribution in [-0.4, -0.2) is 16.1 Å². The second-order valence-corrected chi connectivity index (χ2v) is 5.98. The van der Waals surface area contributed by atoms with Crippen LogP contribution in [-0.2, 0) is 0 Å². The molecular formula is C14H21ClN2O. The maximum Gasteiger partial charge on any atom is 0.225 e. The number of hydrogen-bond acceptors (Lipinski definition) is 3.